The Bertz CT molecular complexity index is 33.9. The Morgan fingerprint density at radius 1 is 1.11 bits per heavy atom. The van der Waals surface area contributed by atoms with Crippen molar-refractivity contribution in [3.8, 4) is 0 Å². The molecule has 0 N–H and O–H groups in total. The topological polar surface area (TPSA) is 14.1 Å². The molecule has 0 saturated carbocycles. The largest absolute Gasteiger partial charge is 1.00 e. The first-order chi connectivity index (χ1) is 3.91. The summed E-state index contributed by atoms with van der Waals surface area (Å²) in [5.41, 5.74) is 0. The summed E-state index contributed by atoms with van der Waals surface area (Å²) in [4.78, 5) is 0. The van der Waals surface area contributed by atoms with E-state index in [9.17, 15) is 0 Å². The molecule has 0 radical (unpaired) electrons. The Kier molecular flexibility index (Phi) is 15.5. The summed E-state index contributed by atoms with van der Waals surface area (Å²) in [6.07, 6.45) is 3.92. The van der Waals surface area contributed by atoms with Crippen LogP contribution in [-0.4, -0.2) is 13.1 Å². The van der Waals surface area contributed by atoms with E-state index in [1.807, 2.05) is 0 Å². The van der Waals surface area contributed by atoms with Crippen molar-refractivity contribution in [3.05, 3.63) is 5.32 Å². The van der Waals surface area contributed by atoms with E-state index in [2.05, 4.69) is 19.2 Å². The molecular weight excluding hydrogens is 105 g/mol. The molecule has 9 heavy (non-hydrogen) atoms. The summed E-state index contributed by atoms with van der Waals surface area (Å²) in [6.45, 7) is 6.37. The van der Waals surface area contributed by atoms with Crippen LogP contribution < -0.4 is 18.9 Å². The second kappa shape index (κ2) is 11.4. The zero-order chi connectivity index (χ0) is 6.24. The van der Waals surface area contributed by atoms with Gasteiger partial charge in [-0.1, -0.05) is 33.1 Å². The minimum atomic E-state index is 0. The molecule has 2 heteroatoms. The molecule has 0 aromatic rings. The van der Waals surface area contributed by atoms with E-state index in [0.29, 0.717) is 0 Å². The summed E-state index contributed by atoms with van der Waals surface area (Å²) < 4.78 is 0. The van der Waals surface area contributed by atoms with Gasteiger partial charge in [-0.25, -0.2) is 0 Å². The minimum Gasteiger partial charge on any atom is -0.662 e. The summed E-state index contributed by atoms with van der Waals surface area (Å²) >= 11 is 0. The molecule has 0 spiro atoms. The van der Waals surface area contributed by atoms with Crippen molar-refractivity contribution in [2.24, 2.45) is 0 Å². The van der Waals surface area contributed by atoms with E-state index in [1.54, 1.807) is 0 Å². The molecule has 0 aromatic heterocycles. The van der Waals surface area contributed by atoms with Crippen molar-refractivity contribution in [1.29, 1.82) is 0 Å². The predicted octanol–water partition coefficient (Wildman–Crippen LogP) is -0.426. The van der Waals surface area contributed by atoms with Crippen molar-refractivity contribution >= 4 is 0 Å². The molecule has 0 heterocycles. The van der Waals surface area contributed by atoms with Gasteiger partial charge < -0.3 is 5.32 Å². The third-order valence-corrected chi connectivity index (χ3v) is 1.14. The molecule has 0 unspecified atom stereocenters. The van der Waals surface area contributed by atoms with Gasteiger partial charge in [0.25, 0.3) is 0 Å². The number of hydrogen-bond acceptors (Lipinski definition) is 0. The van der Waals surface area contributed by atoms with E-state index in [0.717, 1.165) is 13.1 Å². The molecule has 0 rings (SSSR count). The van der Waals surface area contributed by atoms with Crippen LogP contribution in [0.25, 0.3) is 5.32 Å². The first-order valence-corrected chi connectivity index (χ1v) is 3.55. The van der Waals surface area contributed by atoms with Crippen LogP contribution in [-0.2, 0) is 0 Å². The van der Waals surface area contributed by atoms with Crippen LogP contribution in [0.2, 0.25) is 0 Å². The second-order valence-electron chi connectivity index (χ2n) is 1.97. The molecule has 50 valence electrons. The first-order valence-electron chi connectivity index (χ1n) is 3.55. The molecule has 0 bridgehead atoms. The molecule has 0 amide bonds. The number of nitrogens with zero attached hydrogens (tertiary/aromatic N) is 1. The molecule has 0 aliphatic carbocycles. The van der Waals surface area contributed by atoms with Crippen molar-refractivity contribution in [2.75, 3.05) is 13.1 Å². The maximum atomic E-state index is 4.21. The minimum absolute atomic E-state index is 0. The summed E-state index contributed by atoms with van der Waals surface area (Å²) in [7, 11) is 0. The van der Waals surface area contributed by atoms with Crippen LogP contribution in [0.15, 0.2) is 0 Å². The number of unbranched alkanes of at least 4 members (excludes halogenated alkanes) is 2. The van der Waals surface area contributed by atoms with Crippen molar-refractivity contribution in [2.45, 2.75) is 33.1 Å². The zero-order valence-corrected chi connectivity index (χ0v) is 6.98. The fraction of sp³-hybridized carbons (Fsp3) is 1.00. The molecule has 0 atom stereocenters. The SMILES string of the molecule is CCCCC[N-]CC.[Li+]. The van der Waals surface area contributed by atoms with Crippen molar-refractivity contribution < 1.29 is 18.9 Å². The van der Waals surface area contributed by atoms with E-state index in [-0.39, 0.29) is 18.9 Å². The fourth-order valence-corrected chi connectivity index (χ4v) is 0.632. The fourth-order valence-electron chi connectivity index (χ4n) is 0.632. The Labute approximate surface area is 70.8 Å². The van der Waals surface area contributed by atoms with Gasteiger partial charge in [0, 0.05) is 0 Å². The third kappa shape index (κ3) is 11.9. The molecule has 0 aliphatic rings. The van der Waals surface area contributed by atoms with E-state index < -0.39 is 0 Å². The Balaban J connectivity index is 0. The van der Waals surface area contributed by atoms with Gasteiger partial charge in [0.2, 0.25) is 0 Å². The molecule has 0 fully saturated rings. The standard InChI is InChI=1S/C7H16N.Li/c1-3-5-6-7-8-4-2;/h3-7H2,1-2H3;/q-1;+1. The Morgan fingerprint density at radius 2 is 1.78 bits per heavy atom. The van der Waals surface area contributed by atoms with Crippen LogP contribution in [0, 0.1) is 0 Å². The van der Waals surface area contributed by atoms with Crippen LogP contribution in [0.4, 0.5) is 0 Å². The van der Waals surface area contributed by atoms with Crippen LogP contribution in [0.1, 0.15) is 33.1 Å². The van der Waals surface area contributed by atoms with Gasteiger partial charge in [0.05, 0.1) is 0 Å². The first kappa shape index (κ1) is 12.3. The average molecular weight is 121 g/mol. The predicted molar refractivity (Wildman–Crippen MR) is 38.3 cm³/mol. The zero-order valence-electron chi connectivity index (χ0n) is 6.98. The van der Waals surface area contributed by atoms with E-state index in [4.69, 9.17) is 0 Å². The van der Waals surface area contributed by atoms with Crippen LogP contribution in [0.3, 0.4) is 0 Å². The molecule has 0 aromatic carbocycles. The maximum absolute atomic E-state index is 4.21. The number of rotatable bonds is 5. The van der Waals surface area contributed by atoms with Gasteiger partial charge in [-0.2, -0.15) is 6.54 Å². The van der Waals surface area contributed by atoms with Gasteiger partial charge >= 0.3 is 18.9 Å². The average Bonchev–Trinajstić information content (AvgIpc) is 1.81. The third-order valence-electron chi connectivity index (χ3n) is 1.14. The Morgan fingerprint density at radius 3 is 2.22 bits per heavy atom. The molecule has 1 nitrogen and oxygen atoms in total. The number of hydrogen-bond donors (Lipinski definition) is 0. The van der Waals surface area contributed by atoms with Crippen LogP contribution in [0.5, 0.6) is 0 Å². The summed E-state index contributed by atoms with van der Waals surface area (Å²) in [5, 5.41) is 4.21. The normalized spacial score (nSPS) is 8.67. The summed E-state index contributed by atoms with van der Waals surface area (Å²) in [6, 6.07) is 0. The van der Waals surface area contributed by atoms with Crippen molar-refractivity contribution in [1.82, 2.24) is 0 Å². The smallest absolute Gasteiger partial charge is 0.662 e. The maximum Gasteiger partial charge on any atom is 1.00 e. The van der Waals surface area contributed by atoms with E-state index in [1.165, 1.54) is 19.3 Å². The van der Waals surface area contributed by atoms with Crippen molar-refractivity contribution in [3.63, 3.8) is 0 Å². The monoisotopic (exact) mass is 121 g/mol. The Hall–Kier alpha value is 0.557. The van der Waals surface area contributed by atoms with Gasteiger partial charge in [0.1, 0.15) is 0 Å². The van der Waals surface area contributed by atoms with Gasteiger partial charge in [0.15, 0.2) is 0 Å². The quantitative estimate of drug-likeness (QED) is 0.346. The molecule has 0 saturated heterocycles. The van der Waals surface area contributed by atoms with Gasteiger partial charge in [-0.05, 0) is 0 Å². The van der Waals surface area contributed by atoms with Gasteiger partial charge in [-0.3, -0.25) is 0 Å². The molecule has 0 aliphatic heterocycles. The van der Waals surface area contributed by atoms with Gasteiger partial charge in [-0.15, -0.1) is 6.54 Å². The molecular formula is C7H16LiN. The van der Waals surface area contributed by atoms with Crippen LogP contribution >= 0.6 is 0 Å². The summed E-state index contributed by atoms with van der Waals surface area (Å²) in [5.74, 6) is 0. The van der Waals surface area contributed by atoms with E-state index >= 15 is 0 Å². The second-order valence-corrected chi connectivity index (χ2v) is 1.97.